The molecule has 6 nitrogen and oxygen atoms in total. The smallest absolute Gasteiger partial charge is 0.331 e. The molecule has 1 amide bonds. The number of halogens is 1. The van der Waals surface area contributed by atoms with Crippen molar-refractivity contribution in [2.45, 2.75) is 12.5 Å². The standard InChI is InChI=1S/C21H20FNO5S/c22-17-6-4-5-16(13-17)9-10-21(25)28-14-20(24)23(18-7-2-1-3-8-18)19-11-12-29(26,27)15-19/h1-10,13,19H,11-12,14-15H2/b10-9+/t19-/m1/s1. The summed E-state index contributed by atoms with van der Waals surface area (Å²) in [4.78, 5) is 26.0. The summed E-state index contributed by atoms with van der Waals surface area (Å²) in [6.45, 7) is -0.530. The fourth-order valence-corrected chi connectivity index (χ4v) is 4.85. The average molecular weight is 417 g/mol. The van der Waals surface area contributed by atoms with Crippen LogP contribution in [0.2, 0.25) is 0 Å². The zero-order valence-corrected chi connectivity index (χ0v) is 16.3. The zero-order chi connectivity index (χ0) is 20.9. The van der Waals surface area contributed by atoms with Crippen LogP contribution in [0.1, 0.15) is 12.0 Å². The number of anilines is 1. The molecule has 3 rings (SSSR count). The monoisotopic (exact) mass is 417 g/mol. The lowest BCUT2D eigenvalue weighted by molar-refractivity contribution is -0.143. The average Bonchev–Trinajstić information content (AvgIpc) is 3.05. The Hall–Kier alpha value is -3.00. The minimum Gasteiger partial charge on any atom is -0.452 e. The number of sulfone groups is 1. The maximum Gasteiger partial charge on any atom is 0.331 e. The molecule has 0 N–H and O–H groups in total. The first-order valence-electron chi connectivity index (χ1n) is 9.02. The second-order valence-corrected chi connectivity index (χ2v) is 8.88. The highest BCUT2D eigenvalue weighted by Gasteiger charge is 2.35. The molecule has 2 aromatic carbocycles. The molecule has 0 radical (unpaired) electrons. The molecule has 0 bridgehead atoms. The van der Waals surface area contributed by atoms with E-state index in [1.54, 1.807) is 36.4 Å². The highest BCUT2D eigenvalue weighted by atomic mass is 32.2. The molecule has 0 spiro atoms. The molecule has 0 saturated carbocycles. The van der Waals surface area contributed by atoms with Crippen LogP contribution in [-0.2, 0) is 24.2 Å². The van der Waals surface area contributed by atoms with E-state index in [4.69, 9.17) is 4.74 Å². The van der Waals surface area contributed by atoms with Gasteiger partial charge in [-0.2, -0.15) is 0 Å². The van der Waals surface area contributed by atoms with Crippen LogP contribution in [0.3, 0.4) is 0 Å². The van der Waals surface area contributed by atoms with Crippen molar-refractivity contribution >= 4 is 33.5 Å². The predicted octanol–water partition coefficient (Wildman–Crippen LogP) is 2.60. The topological polar surface area (TPSA) is 80.8 Å². The van der Waals surface area contributed by atoms with Crippen LogP contribution in [0.5, 0.6) is 0 Å². The first-order chi connectivity index (χ1) is 13.8. The lowest BCUT2D eigenvalue weighted by atomic mass is 10.2. The molecule has 1 heterocycles. The second kappa shape index (κ2) is 9.00. The Morgan fingerprint density at radius 3 is 2.55 bits per heavy atom. The van der Waals surface area contributed by atoms with Crippen molar-refractivity contribution in [3.63, 3.8) is 0 Å². The fourth-order valence-electron chi connectivity index (χ4n) is 3.15. The van der Waals surface area contributed by atoms with Crippen LogP contribution in [0, 0.1) is 5.82 Å². The maximum absolute atomic E-state index is 13.2. The van der Waals surface area contributed by atoms with E-state index in [1.807, 2.05) is 0 Å². The fraction of sp³-hybridized carbons (Fsp3) is 0.238. The van der Waals surface area contributed by atoms with Crippen molar-refractivity contribution in [1.29, 1.82) is 0 Å². The van der Waals surface area contributed by atoms with E-state index < -0.39 is 40.2 Å². The molecular formula is C21H20FNO5S. The zero-order valence-electron chi connectivity index (χ0n) is 15.5. The van der Waals surface area contributed by atoms with E-state index in [-0.39, 0.29) is 11.5 Å². The van der Waals surface area contributed by atoms with Gasteiger partial charge in [-0.1, -0.05) is 30.3 Å². The number of hydrogen-bond donors (Lipinski definition) is 0. The van der Waals surface area contributed by atoms with E-state index in [2.05, 4.69) is 0 Å². The number of amides is 1. The van der Waals surface area contributed by atoms with Crippen molar-refractivity contribution in [1.82, 2.24) is 0 Å². The van der Waals surface area contributed by atoms with E-state index >= 15 is 0 Å². The van der Waals surface area contributed by atoms with Crippen molar-refractivity contribution in [3.05, 3.63) is 72.1 Å². The highest BCUT2D eigenvalue weighted by molar-refractivity contribution is 7.91. The van der Waals surface area contributed by atoms with Crippen molar-refractivity contribution in [3.8, 4) is 0 Å². The van der Waals surface area contributed by atoms with Crippen LogP contribution in [0.4, 0.5) is 10.1 Å². The molecular weight excluding hydrogens is 397 g/mol. The van der Waals surface area contributed by atoms with Crippen LogP contribution in [-0.4, -0.2) is 44.4 Å². The minimum absolute atomic E-state index is 0.0183. The molecule has 0 aromatic heterocycles. The number of nitrogens with zero attached hydrogens (tertiary/aromatic N) is 1. The number of carbonyl (C=O) groups excluding carboxylic acids is 2. The SMILES string of the molecule is O=C(/C=C/c1cccc(F)c1)OCC(=O)N(c1ccccc1)[C@@H]1CCS(=O)(=O)C1. The Balaban J connectivity index is 1.66. The molecule has 0 aliphatic carbocycles. The lowest BCUT2D eigenvalue weighted by Gasteiger charge is -2.28. The van der Waals surface area contributed by atoms with Crippen LogP contribution in [0.15, 0.2) is 60.7 Å². The van der Waals surface area contributed by atoms with Gasteiger partial charge >= 0.3 is 5.97 Å². The van der Waals surface area contributed by atoms with Crippen molar-refractivity contribution < 1.29 is 27.1 Å². The minimum atomic E-state index is -3.20. The number of esters is 1. The number of benzene rings is 2. The molecule has 1 fully saturated rings. The third-order valence-corrected chi connectivity index (χ3v) is 6.23. The van der Waals surface area contributed by atoms with Gasteiger partial charge in [0.25, 0.3) is 5.91 Å². The van der Waals surface area contributed by atoms with Crippen molar-refractivity contribution in [2.24, 2.45) is 0 Å². The molecule has 1 aliphatic heterocycles. The van der Waals surface area contributed by atoms with Gasteiger partial charge in [-0.05, 0) is 42.3 Å². The lowest BCUT2D eigenvalue weighted by Crippen LogP contribution is -2.43. The molecule has 29 heavy (non-hydrogen) atoms. The van der Waals surface area contributed by atoms with Gasteiger partial charge in [0.2, 0.25) is 0 Å². The Bertz CT molecular complexity index is 1020. The summed E-state index contributed by atoms with van der Waals surface area (Å²) in [6, 6.07) is 13.9. The maximum atomic E-state index is 13.2. The van der Waals surface area contributed by atoms with Gasteiger partial charge in [-0.25, -0.2) is 17.6 Å². The first kappa shape index (κ1) is 20.7. The molecule has 1 saturated heterocycles. The largest absolute Gasteiger partial charge is 0.452 e. The van der Waals surface area contributed by atoms with Gasteiger partial charge < -0.3 is 9.64 Å². The highest BCUT2D eigenvalue weighted by Crippen LogP contribution is 2.24. The van der Waals surface area contributed by atoms with Gasteiger partial charge in [-0.3, -0.25) is 4.79 Å². The van der Waals surface area contributed by atoms with E-state index in [1.165, 1.54) is 29.2 Å². The van der Waals surface area contributed by atoms with E-state index in [0.717, 1.165) is 6.08 Å². The second-order valence-electron chi connectivity index (χ2n) is 6.65. The van der Waals surface area contributed by atoms with Crippen molar-refractivity contribution in [2.75, 3.05) is 23.0 Å². The number of ether oxygens (including phenoxy) is 1. The summed E-state index contributed by atoms with van der Waals surface area (Å²) < 4.78 is 41.9. The Morgan fingerprint density at radius 1 is 1.14 bits per heavy atom. The van der Waals surface area contributed by atoms with Gasteiger partial charge in [0.05, 0.1) is 17.5 Å². The van der Waals surface area contributed by atoms with Gasteiger partial charge in [0, 0.05) is 11.8 Å². The number of hydrogen-bond acceptors (Lipinski definition) is 5. The number of rotatable bonds is 6. The third-order valence-electron chi connectivity index (χ3n) is 4.48. The van der Waals surface area contributed by atoms with Crippen LogP contribution >= 0.6 is 0 Å². The number of carbonyl (C=O) groups is 2. The van der Waals surface area contributed by atoms with E-state index in [0.29, 0.717) is 17.7 Å². The Kier molecular flexibility index (Phi) is 6.43. The normalized spacial score (nSPS) is 17.9. The Labute approximate surface area is 168 Å². The van der Waals surface area contributed by atoms with Crippen LogP contribution in [0.25, 0.3) is 6.08 Å². The molecule has 2 aromatic rings. The van der Waals surface area contributed by atoms with Crippen LogP contribution < -0.4 is 4.90 Å². The summed E-state index contributed by atoms with van der Waals surface area (Å²) in [6.07, 6.45) is 2.82. The molecule has 152 valence electrons. The Morgan fingerprint density at radius 2 is 1.90 bits per heavy atom. The number of para-hydroxylation sites is 1. The summed E-state index contributed by atoms with van der Waals surface area (Å²) >= 11 is 0. The van der Waals surface area contributed by atoms with E-state index in [9.17, 15) is 22.4 Å². The molecule has 0 unspecified atom stereocenters. The van der Waals surface area contributed by atoms with Gasteiger partial charge in [0.15, 0.2) is 16.4 Å². The quantitative estimate of drug-likeness (QED) is 0.533. The molecule has 8 heteroatoms. The summed E-state index contributed by atoms with van der Waals surface area (Å²) in [5.41, 5.74) is 1.03. The predicted molar refractivity (Wildman–Crippen MR) is 107 cm³/mol. The van der Waals surface area contributed by atoms with Gasteiger partial charge in [-0.15, -0.1) is 0 Å². The van der Waals surface area contributed by atoms with Gasteiger partial charge in [0.1, 0.15) is 5.82 Å². The summed E-state index contributed by atoms with van der Waals surface area (Å²) in [5, 5.41) is 0. The first-order valence-corrected chi connectivity index (χ1v) is 10.8. The summed E-state index contributed by atoms with van der Waals surface area (Å²) in [5.74, 6) is -1.80. The third kappa shape index (κ3) is 5.74. The molecule has 1 aliphatic rings. The summed E-state index contributed by atoms with van der Waals surface area (Å²) in [7, 11) is -3.20. The molecule has 1 atom stereocenters.